The van der Waals surface area contributed by atoms with Gasteiger partial charge in [-0.15, -0.1) is 0 Å². The summed E-state index contributed by atoms with van der Waals surface area (Å²) < 4.78 is 9.75. The molecule has 0 saturated carbocycles. The van der Waals surface area contributed by atoms with Crippen molar-refractivity contribution in [3.8, 4) is 33.8 Å². The topological polar surface area (TPSA) is 69.6 Å². The zero-order chi connectivity index (χ0) is 38.1. The van der Waals surface area contributed by atoms with Crippen LogP contribution in [0.2, 0.25) is 17.3 Å². The Morgan fingerprint density at radius 2 is 1.52 bits per heavy atom. The largest absolute Gasteiger partial charge is 0 e. The molecule has 5 aromatic heterocycles. The third kappa shape index (κ3) is 8.03. The summed E-state index contributed by atoms with van der Waals surface area (Å²) in [4.78, 5) is 19.2. The molecule has 0 bridgehead atoms. The number of hydrogen-bond acceptors (Lipinski definition) is 5. The molecule has 0 aliphatic carbocycles. The molecule has 1 radical (unpaired) electrons. The standard InChI is InChI=1S/C28H23N4O.C20H20GeN.Ir/c1-17(2)21-13-22-23(15-29-21)32(16-19-9-5-4-6-10-19)28(31-22)20-12-25-27(30-14-20)26-18(3)8-7-11-24(26)33-25;1-21(2,3)19-15-22-20(17-12-8-5-9-13-17)14-18(19)16-10-6-4-7-11-16;/h4-11,13-15,17H,16H2,1-3H3;4-12,14-15H,1-3H3;/q2*-1;. The van der Waals surface area contributed by atoms with Gasteiger partial charge in [-0.05, 0) is 36.1 Å². The number of fused-ring (bicyclic) bond motifs is 4. The van der Waals surface area contributed by atoms with Crippen LogP contribution in [-0.2, 0) is 26.7 Å². The van der Waals surface area contributed by atoms with Crippen molar-refractivity contribution in [3.05, 3.63) is 163 Å². The number of aryl methyl sites for hydroxylation is 1. The Kier molecular flexibility index (Phi) is 11.5. The molecule has 5 heterocycles. The van der Waals surface area contributed by atoms with Crippen LogP contribution in [0.4, 0.5) is 0 Å². The number of hydrogen-bond donors (Lipinski definition) is 0. The maximum absolute atomic E-state index is 6.11. The Morgan fingerprint density at radius 1 is 0.768 bits per heavy atom. The zero-order valence-electron chi connectivity index (χ0n) is 32.5. The van der Waals surface area contributed by atoms with Crippen molar-refractivity contribution < 1.29 is 24.5 Å². The molecule has 9 rings (SSSR count). The molecule has 0 spiro atoms. The monoisotopic (exact) mass is 972 g/mol. The van der Waals surface area contributed by atoms with Crippen molar-refractivity contribution in [2.75, 3.05) is 0 Å². The quantitative estimate of drug-likeness (QED) is 0.118. The Bertz CT molecular complexity index is 2760. The van der Waals surface area contributed by atoms with E-state index in [1.165, 1.54) is 21.1 Å². The van der Waals surface area contributed by atoms with Gasteiger partial charge in [0.05, 0.1) is 28.6 Å². The van der Waals surface area contributed by atoms with Gasteiger partial charge in [0, 0.05) is 43.2 Å². The SMILES string of the molecule is Cc1cccc2oc3[c-]c(-c4nc5cc(C(C)C)ncc5n4Cc4ccccc4)cnc3c12.[CH3][Ge]([CH3])([CH3])[c]1cnc(-c2[c-]cccc2)cc1-c1ccccc1.[Ir]. The number of nitrogens with zero attached hydrogens (tertiary/aromatic N) is 5. The van der Waals surface area contributed by atoms with E-state index in [4.69, 9.17) is 24.4 Å². The van der Waals surface area contributed by atoms with Crippen molar-refractivity contribution in [2.45, 2.75) is 50.5 Å². The van der Waals surface area contributed by atoms with E-state index >= 15 is 0 Å². The van der Waals surface area contributed by atoms with Gasteiger partial charge in [0.15, 0.2) is 0 Å². The van der Waals surface area contributed by atoms with Gasteiger partial charge >= 0.3 is 135 Å². The minimum Gasteiger partial charge on any atom is 0 e. The summed E-state index contributed by atoms with van der Waals surface area (Å²) >= 11 is -1.99. The molecule has 56 heavy (non-hydrogen) atoms. The predicted octanol–water partition coefficient (Wildman–Crippen LogP) is 11.4. The molecule has 0 unspecified atom stereocenters. The normalized spacial score (nSPS) is 11.5. The summed E-state index contributed by atoms with van der Waals surface area (Å²) in [7, 11) is 0. The van der Waals surface area contributed by atoms with Gasteiger partial charge in [0.1, 0.15) is 5.58 Å². The van der Waals surface area contributed by atoms with Crippen LogP contribution >= 0.6 is 0 Å². The van der Waals surface area contributed by atoms with Gasteiger partial charge in [-0.1, -0.05) is 74.1 Å². The number of furan rings is 1. The third-order valence-corrected chi connectivity index (χ3v) is 14.1. The fourth-order valence-electron chi connectivity index (χ4n) is 7.00. The molecule has 0 aliphatic rings. The number of imidazole rings is 1. The van der Waals surface area contributed by atoms with Crippen LogP contribution in [0.3, 0.4) is 0 Å². The van der Waals surface area contributed by atoms with Crippen LogP contribution in [0.1, 0.15) is 36.6 Å². The van der Waals surface area contributed by atoms with E-state index in [1.807, 2.05) is 48.8 Å². The number of aromatic nitrogens is 5. The van der Waals surface area contributed by atoms with E-state index in [-0.39, 0.29) is 20.1 Å². The first-order valence-corrected chi connectivity index (χ1v) is 26.1. The molecule has 9 aromatic rings. The maximum Gasteiger partial charge on any atom is 0 e. The van der Waals surface area contributed by atoms with Gasteiger partial charge in [-0.3, -0.25) is 9.97 Å². The zero-order valence-corrected chi connectivity index (χ0v) is 37.0. The van der Waals surface area contributed by atoms with Gasteiger partial charge in [0.25, 0.3) is 0 Å². The van der Waals surface area contributed by atoms with Gasteiger partial charge < -0.3 is 14.0 Å². The predicted molar refractivity (Wildman–Crippen MR) is 228 cm³/mol. The van der Waals surface area contributed by atoms with E-state index in [0.717, 1.165) is 61.4 Å². The number of benzene rings is 4. The molecular weight excluding hydrogens is 927 g/mol. The van der Waals surface area contributed by atoms with Crippen molar-refractivity contribution in [3.63, 3.8) is 0 Å². The van der Waals surface area contributed by atoms with E-state index in [9.17, 15) is 0 Å². The smallest absolute Gasteiger partial charge is 0 e. The van der Waals surface area contributed by atoms with Crippen LogP contribution in [0.25, 0.3) is 66.9 Å². The first-order valence-electron chi connectivity index (χ1n) is 18.8. The average molecular weight is 971 g/mol. The summed E-state index contributed by atoms with van der Waals surface area (Å²) in [5.74, 6) is 8.39. The van der Waals surface area contributed by atoms with Crippen molar-refractivity contribution in [1.29, 1.82) is 0 Å². The molecule has 8 heteroatoms. The summed E-state index contributed by atoms with van der Waals surface area (Å²) in [6, 6.07) is 46.1. The average Bonchev–Trinajstić information content (AvgIpc) is 3.76. The summed E-state index contributed by atoms with van der Waals surface area (Å²) in [5, 5.41) is 1.04. The Morgan fingerprint density at radius 3 is 2.23 bits per heavy atom. The molecule has 0 saturated heterocycles. The first-order chi connectivity index (χ1) is 26.6. The van der Waals surface area contributed by atoms with Crippen LogP contribution in [0.15, 0.2) is 138 Å². The molecule has 6 nitrogen and oxygen atoms in total. The summed E-state index contributed by atoms with van der Waals surface area (Å²) in [6.45, 7) is 7.04. The molecule has 4 aromatic carbocycles. The van der Waals surface area contributed by atoms with E-state index in [1.54, 1.807) is 0 Å². The van der Waals surface area contributed by atoms with Crippen LogP contribution < -0.4 is 4.40 Å². The number of rotatable bonds is 7. The van der Waals surface area contributed by atoms with Gasteiger partial charge in [-0.25, -0.2) is 0 Å². The first kappa shape index (κ1) is 39.0. The second-order valence-corrected chi connectivity index (χ2v) is 25.9. The van der Waals surface area contributed by atoms with Crippen molar-refractivity contribution in [1.82, 2.24) is 24.5 Å². The maximum atomic E-state index is 6.11. The second kappa shape index (κ2) is 16.5. The van der Waals surface area contributed by atoms with Gasteiger partial charge in [-0.2, -0.15) is 0 Å². The van der Waals surface area contributed by atoms with Crippen molar-refractivity contribution >= 4 is 50.8 Å². The fourth-order valence-corrected chi connectivity index (χ4v) is 10.1. The van der Waals surface area contributed by atoms with Crippen molar-refractivity contribution in [2.24, 2.45) is 0 Å². The van der Waals surface area contributed by atoms with E-state index < -0.39 is 13.3 Å². The third-order valence-electron chi connectivity index (χ3n) is 9.92. The molecule has 0 fully saturated rings. The minimum atomic E-state index is -1.99. The molecule has 0 N–H and O–H groups in total. The van der Waals surface area contributed by atoms with Crippen LogP contribution in [-0.4, -0.2) is 37.8 Å². The molecule has 0 aliphatic heterocycles. The Hall–Kier alpha value is -5.21. The summed E-state index contributed by atoms with van der Waals surface area (Å²) in [6.07, 6.45) is 5.88. The molecular formula is C48H43GeIrN5O-2. The number of pyridine rings is 3. The Labute approximate surface area is 344 Å². The van der Waals surface area contributed by atoms with Crippen LogP contribution in [0, 0.1) is 19.1 Å². The van der Waals surface area contributed by atoms with Crippen LogP contribution in [0.5, 0.6) is 0 Å². The van der Waals surface area contributed by atoms with E-state index in [0.29, 0.717) is 18.0 Å². The molecule has 0 amide bonds. The molecule has 281 valence electrons. The van der Waals surface area contributed by atoms with Gasteiger partial charge in [0.2, 0.25) is 0 Å². The Balaban J connectivity index is 0.000000183. The molecule has 0 atom stereocenters. The van der Waals surface area contributed by atoms with E-state index in [2.05, 4.69) is 140 Å². The second-order valence-electron chi connectivity index (χ2n) is 15.3. The minimum absolute atomic E-state index is 0. The fraction of sp³-hybridized carbons (Fsp3) is 0.167. The summed E-state index contributed by atoms with van der Waals surface area (Å²) in [5.41, 5.74) is 13.0.